The van der Waals surface area contributed by atoms with Gasteiger partial charge in [-0.25, -0.2) is 26.9 Å². The topological polar surface area (TPSA) is 107 Å². The SMILES string of the molecule is O=C1C2CC=C3C(CC4(Cl)C(=O)N(c5c(F)c(F)c(F)c(F)c5F)C(=O)C4(Cl)C3c3c(O)ccc4ccccc34)C2C(=O)N1c1ccc(Nc2ccccc2)cc1. The molecule has 6 atom stereocenters. The van der Waals surface area contributed by atoms with Gasteiger partial charge in [0.1, 0.15) is 11.4 Å². The molecular formula is C42H26Cl2F5N3O5. The number of phenols is 1. The Morgan fingerprint density at radius 2 is 1.28 bits per heavy atom. The number of para-hydroxylation sites is 1. The summed E-state index contributed by atoms with van der Waals surface area (Å²) in [4.78, 5) is 53.2. The van der Waals surface area contributed by atoms with Gasteiger partial charge in [-0.2, -0.15) is 0 Å². The maximum absolute atomic E-state index is 15.4. The number of nitrogens with one attached hydrogen (secondary N) is 1. The highest BCUT2D eigenvalue weighted by molar-refractivity contribution is 6.58. The number of nitrogens with zero attached hydrogens (tertiary/aromatic N) is 2. The van der Waals surface area contributed by atoms with Gasteiger partial charge >= 0.3 is 0 Å². The number of fused-ring (bicyclic) bond motifs is 5. The van der Waals surface area contributed by atoms with Crippen molar-refractivity contribution < 1.29 is 46.2 Å². The van der Waals surface area contributed by atoms with Gasteiger partial charge in [0.15, 0.2) is 33.0 Å². The number of hydrogen-bond acceptors (Lipinski definition) is 6. The third kappa shape index (κ3) is 4.97. The van der Waals surface area contributed by atoms with Crippen molar-refractivity contribution in [3.63, 3.8) is 0 Å². The lowest BCUT2D eigenvalue weighted by Crippen LogP contribution is -2.60. The molecule has 4 aliphatic rings. The molecule has 5 aromatic rings. The average molecular weight is 819 g/mol. The average Bonchev–Trinajstić information content (AvgIpc) is 3.55. The fraction of sp³-hybridized carbons (Fsp3) is 0.190. The Kier molecular flexibility index (Phi) is 8.31. The van der Waals surface area contributed by atoms with E-state index >= 15 is 8.78 Å². The first-order valence-corrected chi connectivity index (χ1v) is 18.4. The summed E-state index contributed by atoms with van der Waals surface area (Å²) in [5.41, 5.74) is 0.0145. The minimum Gasteiger partial charge on any atom is -0.508 e. The van der Waals surface area contributed by atoms with Crippen LogP contribution in [0.5, 0.6) is 5.75 Å². The van der Waals surface area contributed by atoms with E-state index in [2.05, 4.69) is 5.32 Å². The molecule has 2 saturated heterocycles. The van der Waals surface area contributed by atoms with E-state index in [4.69, 9.17) is 23.2 Å². The van der Waals surface area contributed by atoms with Gasteiger partial charge in [-0.1, -0.05) is 60.2 Å². The van der Waals surface area contributed by atoms with E-state index in [1.165, 1.54) is 6.07 Å². The quantitative estimate of drug-likeness (QED) is 0.0459. The van der Waals surface area contributed by atoms with Crippen LogP contribution in [0, 0.1) is 46.8 Å². The van der Waals surface area contributed by atoms with Crippen molar-refractivity contribution in [2.45, 2.75) is 28.5 Å². The number of imide groups is 2. The molecular weight excluding hydrogens is 792 g/mol. The van der Waals surface area contributed by atoms with Gasteiger partial charge in [0, 0.05) is 22.9 Å². The highest BCUT2D eigenvalue weighted by atomic mass is 35.5. The number of amides is 4. The molecule has 8 nitrogen and oxygen atoms in total. The fourth-order valence-corrected chi connectivity index (χ4v) is 10.0. The predicted octanol–water partition coefficient (Wildman–Crippen LogP) is 8.75. The van der Waals surface area contributed by atoms with Gasteiger partial charge in [0.05, 0.1) is 17.5 Å². The maximum atomic E-state index is 15.4. The lowest BCUT2D eigenvalue weighted by molar-refractivity contribution is -0.125. The molecule has 2 aliphatic heterocycles. The first-order chi connectivity index (χ1) is 27.2. The summed E-state index contributed by atoms with van der Waals surface area (Å²) >= 11 is 14.6. The van der Waals surface area contributed by atoms with Crippen molar-refractivity contribution in [2.75, 3.05) is 15.1 Å². The first kappa shape index (κ1) is 36.8. The Hall–Kier alpha value is -5.79. The van der Waals surface area contributed by atoms with Crippen LogP contribution in [0.4, 0.5) is 44.7 Å². The summed E-state index contributed by atoms with van der Waals surface area (Å²) in [6.07, 6.45) is 0.855. The van der Waals surface area contributed by atoms with Gasteiger partial charge in [0.25, 0.3) is 11.8 Å². The lowest BCUT2D eigenvalue weighted by atomic mass is 9.56. The zero-order valence-corrected chi connectivity index (χ0v) is 30.6. The number of allylic oxidation sites excluding steroid dienone is 2. The van der Waals surface area contributed by atoms with Crippen molar-refractivity contribution in [3.05, 3.63) is 137 Å². The summed E-state index contributed by atoms with van der Waals surface area (Å²) in [5.74, 6) is -22.2. The largest absolute Gasteiger partial charge is 0.508 e. The van der Waals surface area contributed by atoms with E-state index in [1.54, 1.807) is 60.7 Å². The second-order valence-corrected chi connectivity index (χ2v) is 15.7. The number of anilines is 4. The minimum absolute atomic E-state index is 0.0435. The Balaban J connectivity index is 1.19. The van der Waals surface area contributed by atoms with Gasteiger partial charge in [-0.05, 0) is 72.0 Å². The molecule has 2 heterocycles. The number of halogens is 7. The fourth-order valence-electron chi connectivity index (χ4n) is 9.11. The van der Waals surface area contributed by atoms with Crippen molar-refractivity contribution in [2.24, 2.45) is 17.8 Å². The van der Waals surface area contributed by atoms with Crippen molar-refractivity contribution >= 4 is 80.4 Å². The molecule has 5 aromatic carbocycles. The zero-order valence-electron chi connectivity index (χ0n) is 29.1. The van der Waals surface area contributed by atoms with E-state index < -0.39 is 104 Å². The van der Waals surface area contributed by atoms with Gasteiger partial charge in [0.2, 0.25) is 17.6 Å². The highest BCUT2D eigenvalue weighted by Gasteiger charge is 2.77. The molecule has 0 spiro atoms. The maximum Gasteiger partial charge on any atom is 0.258 e. The third-order valence-corrected chi connectivity index (χ3v) is 13.1. The molecule has 2 aliphatic carbocycles. The number of phenolic OH excluding ortho intramolecular Hbond substituents is 1. The standard InChI is InChI=1S/C42H26Cl2F5N3O5/c43-41-18-26-24(15-16-25-28(26)38(55)51(37(25)54)22-13-11-21(12-14-22)50-20-7-2-1-3-8-20)30(29-23-9-5-4-6-19(23)10-17-27(29)53)42(41,44)40(57)52(39(41)56)36-34(48)32(46)31(45)33(47)35(36)49/h1-15,17,25-26,28,30,50,53H,16,18H2. The van der Waals surface area contributed by atoms with Crippen LogP contribution in [0.2, 0.25) is 0 Å². The van der Waals surface area contributed by atoms with E-state index in [0.717, 1.165) is 10.6 Å². The number of benzene rings is 5. The number of hydrogen-bond donors (Lipinski definition) is 2. The van der Waals surface area contributed by atoms with Crippen molar-refractivity contribution in [1.82, 2.24) is 0 Å². The molecule has 57 heavy (non-hydrogen) atoms. The summed E-state index contributed by atoms with van der Waals surface area (Å²) in [5, 5.41) is 15.6. The molecule has 9 rings (SSSR count). The van der Waals surface area contributed by atoms with Crippen LogP contribution in [0.1, 0.15) is 24.3 Å². The second kappa shape index (κ2) is 12.9. The van der Waals surface area contributed by atoms with Crippen LogP contribution in [0.3, 0.4) is 0 Å². The predicted molar refractivity (Wildman–Crippen MR) is 201 cm³/mol. The van der Waals surface area contributed by atoms with E-state index in [1.807, 2.05) is 30.3 Å². The number of aromatic hydroxyl groups is 1. The number of alkyl halides is 2. The first-order valence-electron chi connectivity index (χ1n) is 17.7. The minimum atomic E-state index is -2.78. The monoisotopic (exact) mass is 817 g/mol. The molecule has 15 heteroatoms. The molecule has 0 aromatic heterocycles. The molecule has 0 bridgehead atoms. The zero-order chi connectivity index (χ0) is 40.3. The third-order valence-electron chi connectivity index (χ3n) is 11.6. The second-order valence-electron chi connectivity index (χ2n) is 14.5. The van der Waals surface area contributed by atoms with Crippen LogP contribution in [-0.2, 0) is 19.2 Å². The summed E-state index contributed by atoms with van der Waals surface area (Å²) in [7, 11) is 0. The number of carbonyl (C=O) groups is 4. The molecule has 6 unspecified atom stereocenters. The Bertz CT molecular complexity index is 2620. The van der Waals surface area contributed by atoms with Gasteiger partial charge in [-0.15, -0.1) is 23.2 Å². The summed E-state index contributed by atoms with van der Waals surface area (Å²) < 4.78 is 74.3. The molecule has 0 radical (unpaired) electrons. The summed E-state index contributed by atoms with van der Waals surface area (Å²) in [6, 6.07) is 25.2. The molecule has 1 saturated carbocycles. The van der Waals surface area contributed by atoms with Crippen molar-refractivity contribution in [3.8, 4) is 5.75 Å². The normalized spacial score (nSPS) is 26.8. The van der Waals surface area contributed by atoms with Crippen molar-refractivity contribution in [1.29, 1.82) is 0 Å². The van der Waals surface area contributed by atoms with Crippen LogP contribution >= 0.6 is 23.2 Å². The number of rotatable bonds is 5. The van der Waals surface area contributed by atoms with E-state index in [9.17, 15) is 37.5 Å². The number of carbonyl (C=O) groups excluding carboxylic acids is 4. The van der Waals surface area contributed by atoms with Gasteiger partial charge < -0.3 is 10.4 Å². The summed E-state index contributed by atoms with van der Waals surface area (Å²) in [6.45, 7) is 0. The Labute approximate surface area is 330 Å². The van der Waals surface area contributed by atoms with E-state index in [0.29, 0.717) is 16.5 Å². The molecule has 288 valence electrons. The van der Waals surface area contributed by atoms with Crippen LogP contribution in [-0.4, -0.2) is 38.5 Å². The molecule has 3 fully saturated rings. The van der Waals surface area contributed by atoms with E-state index in [-0.39, 0.29) is 28.1 Å². The van der Waals surface area contributed by atoms with Crippen LogP contribution in [0.15, 0.2) is 103 Å². The Morgan fingerprint density at radius 1 is 0.667 bits per heavy atom. The Morgan fingerprint density at radius 3 is 1.96 bits per heavy atom. The molecule has 4 amide bonds. The lowest BCUT2D eigenvalue weighted by Gasteiger charge is -2.51. The van der Waals surface area contributed by atoms with Crippen LogP contribution < -0.4 is 15.1 Å². The van der Waals surface area contributed by atoms with Gasteiger partial charge in [-0.3, -0.25) is 24.1 Å². The molecule has 2 N–H and O–H groups in total. The van der Waals surface area contributed by atoms with Crippen LogP contribution in [0.25, 0.3) is 10.8 Å². The smallest absolute Gasteiger partial charge is 0.258 e. The highest BCUT2D eigenvalue weighted by Crippen LogP contribution is 2.67.